The highest BCUT2D eigenvalue weighted by Gasteiger charge is 2.46. The lowest BCUT2D eigenvalue weighted by Gasteiger charge is -2.33. The van der Waals surface area contributed by atoms with Crippen LogP contribution in [-0.2, 0) is 4.74 Å². The van der Waals surface area contributed by atoms with Crippen LogP contribution < -0.4 is 5.32 Å². The Bertz CT molecular complexity index is 290. The molecule has 2 aliphatic rings. The van der Waals surface area contributed by atoms with Gasteiger partial charge in [-0.05, 0) is 59.8 Å². The van der Waals surface area contributed by atoms with Crippen molar-refractivity contribution in [2.45, 2.75) is 103 Å². The number of rotatable bonds is 3. The molecule has 0 aromatic heterocycles. The van der Waals surface area contributed by atoms with Gasteiger partial charge in [-0.1, -0.05) is 25.7 Å². The first-order chi connectivity index (χ1) is 8.80. The van der Waals surface area contributed by atoms with Crippen molar-refractivity contribution in [1.82, 2.24) is 5.32 Å². The van der Waals surface area contributed by atoms with E-state index in [-0.39, 0.29) is 11.2 Å². The van der Waals surface area contributed by atoms with Gasteiger partial charge in [-0.15, -0.1) is 0 Å². The summed E-state index contributed by atoms with van der Waals surface area (Å²) >= 11 is 0. The van der Waals surface area contributed by atoms with E-state index in [1.54, 1.807) is 0 Å². The predicted molar refractivity (Wildman–Crippen MR) is 81.4 cm³/mol. The first-order valence-electron chi connectivity index (χ1n) is 8.26. The molecule has 2 rings (SSSR count). The lowest BCUT2D eigenvalue weighted by atomic mass is 9.89. The van der Waals surface area contributed by atoms with Gasteiger partial charge in [0.2, 0.25) is 0 Å². The van der Waals surface area contributed by atoms with Crippen LogP contribution in [0.3, 0.4) is 0 Å². The molecule has 0 radical (unpaired) electrons. The quantitative estimate of drug-likeness (QED) is 0.771. The third-order valence-corrected chi connectivity index (χ3v) is 5.15. The molecule has 112 valence electrons. The Hall–Kier alpha value is -0.0800. The molecule has 2 atom stereocenters. The molecule has 1 aliphatic heterocycles. The Labute approximate surface area is 119 Å². The topological polar surface area (TPSA) is 21.3 Å². The molecule has 2 fully saturated rings. The third-order valence-electron chi connectivity index (χ3n) is 5.15. The van der Waals surface area contributed by atoms with Gasteiger partial charge in [0.15, 0.2) is 0 Å². The molecule has 0 amide bonds. The lowest BCUT2D eigenvalue weighted by molar-refractivity contribution is -0.0707. The predicted octanol–water partition coefficient (Wildman–Crippen LogP) is 4.28. The van der Waals surface area contributed by atoms with Crippen molar-refractivity contribution in [1.29, 1.82) is 0 Å². The summed E-state index contributed by atoms with van der Waals surface area (Å²) in [6.07, 6.45) is 9.66. The zero-order valence-electron chi connectivity index (χ0n) is 13.6. The monoisotopic (exact) mass is 267 g/mol. The Morgan fingerprint density at radius 1 is 1.00 bits per heavy atom. The van der Waals surface area contributed by atoms with Gasteiger partial charge in [0.1, 0.15) is 0 Å². The van der Waals surface area contributed by atoms with Gasteiger partial charge in [0, 0.05) is 12.1 Å². The average Bonchev–Trinajstić information content (AvgIpc) is 2.49. The van der Waals surface area contributed by atoms with Gasteiger partial charge >= 0.3 is 0 Å². The second-order valence-electron chi connectivity index (χ2n) is 7.93. The SMILES string of the molecule is C[C@@H](NC1CC(C)(C)OC1(C)C)C1CCCCCC1. The molecule has 1 unspecified atom stereocenters. The maximum absolute atomic E-state index is 6.20. The highest BCUT2D eigenvalue weighted by molar-refractivity contribution is 5.00. The van der Waals surface area contributed by atoms with E-state index in [9.17, 15) is 0 Å². The van der Waals surface area contributed by atoms with E-state index >= 15 is 0 Å². The van der Waals surface area contributed by atoms with Gasteiger partial charge in [0.05, 0.1) is 11.2 Å². The van der Waals surface area contributed by atoms with Crippen LogP contribution in [0.5, 0.6) is 0 Å². The first kappa shape index (κ1) is 15.3. The summed E-state index contributed by atoms with van der Waals surface area (Å²) in [6, 6.07) is 1.11. The zero-order chi connectivity index (χ0) is 14.1. The molecule has 0 aromatic rings. The lowest BCUT2D eigenvalue weighted by Crippen LogP contribution is -2.49. The van der Waals surface area contributed by atoms with Crippen LogP contribution in [0.2, 0.25) is 0 Å². The third kappa shape index (κ3) is 3.95. The van der Waals surface area contributed by atoms with Crippen LogP contribution in [0.4, 0.5) is 0 Å². The van der Waals surface area contributed by atoms with E-state index < -0.39 is 0 Å². The minimum absolute atomic E-state index is 0.0182. The van der Waals surface area contributed by atoms with Gasteiger partial charge in [-0.2, -0.15) is 0 Å². The van der Waals surface area contributed by atoms with Crippen LogP contribution in [-0.4, -0.2) is 23.3 Å². The average molecular weight is 267 g/mol. The second-order valence-corrected chi connectivity index (χ2v) is 7.93. The van der Waals surface area contributed by atoms with Crippen molar-refractivity contribution in [2.24, 2.45) is 5.92 Å². The zero-order valence-corrected chi connectivity index (χ0v) is 13.6. The fourth-order valence-corrected chi connectivity index (χ4v) is 4.09. The Kier molecular flexibility index (Phi) is 4.62. The molecule has 1 aliphatic carbocycles. The van der Waals surface area contributed by atoms with E-state index in [2.05, 4.69) is 39.9 Å². The molecule has 19 heavy (non-hydrogen) atoms. The Balaban J connectivity index is 1.92. The minimum atomic E-state index is -0.0392. The van der Waals surface area contributed by atoms with E-state index in [1.807, 2.05) is 0 Å². The highest BCUT2D eigenvalue weighted by Crippen LogP contribution is 2.38. The molecule has 1 heterocycles. The summed E-state index contributed by atoms with van der Waals surface area (Å²) in [5.74, 6) is 0.863. The summed E-state index contributed by atoms with van der Waals surface area (Å²) in [4.78, 5) is 0. The van der Waals surface area contributed by atoms with Crippen LogP contribution >= 0.6 is 0 Å². The summed E-state index contributed by atoms with van der Waals surface area (Å²) in [6.45, 7) is 11.3. The maximum atomic E-state index is 6.20. The number of hydrogen-bond donors (Lipinski definition) is 1. The van der Waals surface area contributed by atoms with Crippen molar-refractivity contribution >= 4 is 0 Å². The second kappa shape index (κ2) is 5.73. The molecule has 2 heteroatoms. The Morgan fingerprint density at radius 3 is 2.05 bits per heavy atom. The van der Waals surface area contributed by atoms with Gasteiger partial charge < -0.3 is 10.1 Å². The fourth-order valence-electron chi connectivity index (χ4n) is 4.09. The summed E-state index contributed by atoms with van der Waals surface area (Å²) < 4.78 is 6.20. The molecule has 2 nitrogen and oxygen atoms in total. The van der Waals surface area contributed by atoms with E-state index in [1.165, 1.54) is 38.5 Å². The smallest absolute Gasteiger partial charge is 0.0787 e. The molecule has 0 spiro atoms. The molecule has 1 saturated carbocycles. The summed E-state index contributed by atoms with van der Waals surface area (Å²) in [7, 11) is 0. The minimum Gasteiger partial charge on any atom is -0.368 e. The Morgan fingerprint density at radius 2 is 1.58 bits per heavy atom. The van der Waals surface area contributed by atoms with Crippen molar-refractivity contribution in [3.8, 4) is 0 Å². The van der Waals surface area contributed by atoms with Crippen LogP contribution in [0.25, 0.3) is 0 Å². The molecular formula is C17H33NO. The van der Waals surface area contributed by atoms with E-state index in [0.717, 1.165) is 12.3 Å². The van der Waals surface area contributed by atoms with E-state index in [4.69, 9.17) is 4.74 Å². The summed E-state index contributed by atoms with van der Waals surface area (Å²) in [5, 5.41) is 3.90. The highest BCUT2D eigenvalue weighted by atomic mass is 16.5. The largest absolute Gasteiger partial charge is 0.368 e. The standard InChI is InChI=1S/C17H33NO/c1-13(14-10-8-6-7-9-11-14)18-15-12-16(2,3)19-17(15,4)5/h13-15,18H,6-12H2,1-5H3/t13-,15?/m1/s1. The molecule has 1 saturated heterocycles. The van der Waals surface area contributed by atoms with Crippen LogP contribution in [0, 0.1) is 5.92 Å². The normalized spacial score (nSPS) is 33.0. The van der Waals surface area contributed by atoms with Gasteiger partial charge in [-0.3, -0.25) is 0 Å². The molecular weight excluding hydrogens is 234 g/mol. The first-order valence-corrected chi connectivity index (χ1v) is 8.26. The van der Waals surface area contributed by atoms with Crippen molar-refractivity contribution in [3.63, 3.8) is 0 Å². The number of nitrogens with one attached hydrogen (secondary N) is 1. The van der Waals surface area contributed by atoms with Gasteiger partial charge in [0.25, 0.3) is 0 Å². The van der Waals surface area contributed by atoms with Crippen molar-refractivity contribution < 1.29 is 4.74 Å². The van der Waals surface area contributed by atoms with Crippen molar-refractivity contribution in [3.05, 3.63) is 0 Å². The van der Waals surface area contributed by atoms with Crippen LogP contribution in [0.15, 0.2) is 0 Å². The van der Waals surface area contributed by atoms with E-state index in [0.29, 0.717) is 12.1 Å². The molecule has 0 aromatic carbocycles. The fraction of sp³-hybridized carbons (Fsp3) is 1.00. The molecule has 1 N–H and O–H groups in total. The van der Waals surface area contributed by atoms with Crippen molar-refractivity contribution in [2.75, 3.05) is 0 Å². The van der Waals surface area contributed by atoms with Crippen LogP contribution in [0.1, 0.15) is 79.6 Å². The summed E-state index contributed by atoms with van der Waals surface area (Å²) in [5.41, 5.74) is -0.0210. The maximum Gasteiger partial charge on any atom is 0.0787 e. The van der Waals surface area contributed by atoms with Gasteiger partial charge in [-0.25, -0.2) is 0 Å². The number of ether oxygens (including phenoxy) is 1. The number of hydrogen-bond acceptors (Lipinski definition) is 2. The molecule has 0 bridgehead atoms.